The first-order chi connectivity index (χ1) is 11.8. The van der Waals surface area contributed by atoms with E-state index in [1.165, 1.54) is 0 Å². The molecule has 30 heavy (non-hydrogen) atoms. The number of aromatic amines is 2. The van der Waals surface area contributed by atoms with E-state index in [4.69, 9.17) is 0 Å². The van der Waals surface area contributed by atoms with Crippen molar-refractivity contribution in [1.29, 1.82) is 0 Å². The van der Waals surface area contributed by atoms with Gasteiger partial charge in [-0.2, -0.15) is 0 Å². The Morgan fingerprint density at radius 3 is 1.10 bits per heavy atom. The van der Waals surface area contributed by atoms with Crippen molar-refractivity contribution in [2.45, 2.75) is 0 Å². The van der Waals surface area contributed by atoms with Crippen LogP contribution in [0.4, 0.5) is 0 Å². The van der Waals surface area contributed by atoms with E-state index in [-0.39, 0.29) is 147 Å². The summed E-state index contributed by atoms with van der Waals surface area (Å²) in [6.07, 6.45) is 8.05. The molecule has 10 heteroatoms. The van der Waals surface area contributed by atoms with Gasteiger partial charge < -0.3 is 9.97 Å². The average molecular weight is 1060 g/mol. The van der Waals surface area contributed by atoms with E-state index >= 15 is 0 Å². The van der Waals surface area contributed by atoms with Crippen molar-refractivity contribution in [3.63, 3.8) is 0 Å². The summed E-state index contributed by atoms with van der Waals surface area (Å²) in [7, 11) is 0. The maximum atomic E-state index is 4.62. The van der Waals surface area contributed by atoms with Crippen molar-refractivity contribution in [2.24, 2.45) is 0 Å². The van der Waals surface area contributed by atoms with Gasteiger partial charge >= 0.3 is 0 Å². The molecular formula is C20H19CdI5N4. The molecule has 0 saturated carbocycles. The minimum atomic E-state index is 0. The normalized spacial score (nSPS) is 10.1. The van der Waals surface area contributed by atoms with Crippen molar-refractivity contribution in [2.75, 3.05) is 0 Å². The van der Waals surface area contributed by atoms with Crippen molar-refractivity contribution in [3.05, 3.63) is 71.3 Å². The maximum absolute atomic E-state index is 4.62. The smallest absolute Gasteiger partial charge is 0.0659 e. The molecule has 0 fully saturated rings. The fourth-order valence-corrected chi connectivity index (χ4v) is 2.94. The Morgan fingerprint density at radius 1 is 0.433 bits per heavy atom. The van der Waals surface area contributed by atoms with Crippen LogP contribution in [0.3, 0.4) is 0 Å². The number of hydrogen-bond donors (Lipinski definition) is 2. The van der Waals surface area contributed by atoms with Crippen LogP contribution in [0.2, 0.25) is 0 Å². The fraction of sp³-hybridized carbons (Fsp3) is 0. The van der Waals surface area contributed by atoms with Crippen LogP contribution in [-0.2, 0) is 27.3 Å². The third-order valence-corrected chi connectivity index (χ3v) is 4.04. The molecule has 0 unspecified atom stereocenters. The molecule has 0 aromatic carbocycles. The second kappa shape index (κ2) is 15.1. The van der Waals surface area contributed by atoms with Gasteiger partial charge in [-0.3, -0.25) is 0 Å². The van der Waals surface area contributed by atoms with Crippen molar-refractivity contribution >= 4 is 166 Å². The Labute approximate surface area is 280 Å². The Bertz CT molecular complexity index is 1100. The molecule has 8 bridgehead atoms. The first-order valence-electron chi connectivity index (χ1n) is 7.85. The number of fused-ring (bicyclic) bond motifs is 8. The minimum Gasteiger partial charge on any atom is -0.355 e. The minimum absolute atomic E-state index is 0. The third kappa shape index (κ3) is 8.19. The van der Waals surface area contributed by atoms with E-state index in [9.17, 15) is 0 Å². The van der Waals surface area contributed by atoms with E-state index < -0.39 is 0 Å². The first-order valence-corrected chi connectivity index (χ1v) is 7.85. The summed E-state index contributed by atoms with van der Waals surface area (Å²) in [4.78, 5) is 16.0. The second-order valence-corrected chi connectivity index (χ2v) is 5.91. The summed E-state index contributed by atoms with van der Waals surface area (Å²) in [6.45, 7) is 0. The number of H-pyrrole nitrogens is 2. The van der Waals surface area contributed by atoms with Gasteiger partial charge in [-0.25, -0.2) is 9.97 Å². The summed E-state index contributed by atoms with van der Waals surface area (Å²) in [6, 6.07) is 16.4. The zero-order valence-electron chi connectivity index (χ0n) is 15.6. The van der Waals surface area contributed by atoms with Gasteiger partial charge in [0, 0.05) is 49.4 Å². The van der Waals surface area contributed by atoms with Crippen LogP contribution in [0.15, 0.2) is 48.5 Å². The molecule has 5 rings (SSSR count). The second-order valence-electron chi connectivity index (χ2n) is 5.91. The van der Waals surface area contributed by atoms with E-state index in [1.807, 2.05) is 42.5 Å². The molecule has 0 saturated heterocycles. The molecule has 5 heterocycles. The van der Waals surface area contributed by atoms with E-state index in [0.717, 1.165) is 44.8 Å². The number of halogens is 5. The molecule has 156 valence electrons. The van der Waals surface area contributed by atoms with Crippen LogP contribution >= 0.6 is 120 Å². The van der Waals surface area contributed by atoms with E-state index in [0.29, 0.717) is 0 Å². The Morgan fingerprint density at radius 2 is 0.733 bits per heavy atom. The standard InChI is InChI=1S/C20H14N4.Cd.5HI/c1-2-14-10-16-5-6-18(23-16)12-20-8-7-19(24-20)11-17-4-3-15(22-17)9-13(1)21-14;;;;;;/h1-12,21-22H;;5*1H. The van der Waals surface area contributed by atoms with Crippen LogP contribution in [0, 0.1) is 0 Å². The number of aromatic nitrogens is 4. The van der Waals surface area contributed by atoms with Gasteiger partial charge in [0.2, 0.25) is 0 Å². The summed E-state index contributed by atoms with van der Waals surface area (Å²) in [5, 5.41) is 0. The number of rotatable bonds is 0. The SMILES string of the molecule is C1=Cc2cc3ccc(cc4ccc(cc5nc(cc1n2)C=C5)[nH]4)[nH]3.I.I.I.I.I.[Cd]. The third-order valence-electron chi connectivity index (χ3n) is 4.04. The van der Waals surface area contributed by atoms with Crippen LogP contribution in [0.5, 0.6) is 0 Å². The number of nitrogens with one attached hydrogen (secondary N) is 2. The van der Waals surface area contributed by atoms with Gasteiger partial charge in [-0.15, -0.1) is 120 Å². The predicted molar refractivity (Wildman–Crippen MR) is 176 cm³/mol. The molecule has 0 aliphatic carbocycles. The maximum Gasteiger partial charge on any atom is 0.0659 e. The zero-order chi connectivity index (χ0) is 15.9. The van der Waals surface area contributed by atoms with Gasteiger partial charge in [0.1, 0.15) is 0 Å². The molecule has 4 nitrogen and oxygen atoms in total. The van der Waals surface area contributed by atoms with E-state index in [2.05, 4.69) is 50.3 Å². The molecular weight excluding hydrogens is 1040 g/mol. The molecule has 2 N–H and O–H groups in total. The molecule has 2 aliphatic rings. The molecule has 0 radical (unpaired) electrons. The van der Waals surface area contributed by atoms with Crippen LogP contribution < -0.4 is 0 Å². The zero-order valence-corrected chi connectivity index (χ0v) is 31.3. The van der Waals surface area contributed by atoms with Crippen molar-refractivity contribution < 1.29 is 27.3 Å². The van der Waals surface area contributed by atoms with Crippen LogP contribution in [-0.4, -0.2) is 19.9 Å². The van der Waals surface area contributed by atoms with Gasteiger partial charge in [0.15, 0.2) is 0 Å². The molecule has 3 aromatic heterocycles. The van der Waals surface area contributed by atoms with Gasteiger partial charge in [-0.1, -0.05) is 0 Å². The quantitative estimate of drug-likeness (QED) is 0.123. The topological polar surface area (TPSA) is 57.4 Å². The van der Waals surface area contributed by atoms with Crippen molar-refractivity contribution in [3.8, 4) is 0 Å². The summed E-state index contributed by atoms with van der Waals surface area (Å²) in [5.41, 5.74) is 7.86. The van der Waals surface area contributed by atoms with Gasteiger partial charge in [-0.05, 0) is 72.8 Å². The molecule has 0 atom stereocenters. The van der Waals surface area contributed by atoms with Crippen LogP contribution in [0.1, 0.15) is 22.8 Å². The van der Waals surface area contributed by atoms with Crippen molar-refractivity contribution in [1.82, 2.24) is 19.9 Å². The fourth-order valence-electron chi connectivity index (χ4n) is 2.94. The molecule has 0 amide bonds. The molecule has 0 spiro atoms. The van der Waals surface area contributed by atoms with Gasteiger partial charge in [0.05, 0.1) is 22.8 Å². The van der Waals surface area contributed by atoms with E-state index in [1.54, 1.807) is 0 Å². The first kappa shape index (κ1) is 33.3. The monoisotopic (exact) mass is 1060 g/mol. The largest absolute Gasteiger partial charge is 0.355 e. The summed E-state index contributed by atoms with van der Waals surface area (Å²) in [5.74, 6) is 0. The number of nitrogens with zero attached hydrogens (tertiary/aromatic N) is 2. The van der Waals surface area contributed by atoms with Gasteiger partial charge in [0.25, 0.3) is 0 Å². The average Bonchev–Trinajstić information content (AvgIpc) is 3.32. The summed E-state index contributed by atoms with van der Waals surface area (Å²) < 4.78 is 0. The van der Waals surface area contributed by atoms with Crippen LogP contribution in [0.25, 0.3) is 46.4 Å². The predicted octanol–water partition coefficient (Wildman–Crippen LogP) is 7.74. The Kier molecular flexibility index (Phi) is 16.8. The Balaban J connectivity index is 0. The Hall–Kier alpha value is 1.17. The molecule has 3 aromatic rings. The molecule has 2 aliphatic heterocycles. The number of hydrogen-bond acceptors (Lipinski definition) is 2. The summed E-state index contributed by atoms with van der Waals surface area (Å²) >= 11 is 0.